The van der Waals surface area contributed by atoms with Gasteiger partial charge >= 0.3 is 0 Å². The quantitative estimate of drug-likeness (QED) is 0.735. The summed E-state index contributed by atoms with van der Waals surface area (Å²) in [7, 11) is 0. The first-order chi connectivity index (χ1) is 6.24. The summed E-state index contributed by atoms with van der Waals surface area (Å²) in [6.07, 6.45) is 0. The van der Waals surface area contributed by atoms with Crippen LogP contribution in [0.15, 0.2) is 24.3 Å². The predicted molar refractivity (Wildman–Crippen MR) is 51.8 cm³/mol. The molecular weight excluding hydrogens is 167 g/mol. The molecule has 3 heteroatoms. The highest BCUT2D eigenvalue weighted by molar-refractivity contribution is 5.16. The standard InChI is InChI=1S/C10H15FN2/c1-8(6-12)13-7-9-4-2-3-5-10(9)11/h2-5,8,13H,6-7,12H2,1H3/t8-/m1/s1. The van der Waals surface area contributed by atoms with E-state index in [0.29, 0.717) is 18.7 Å². The Hall–Kier alpha value is -0.930. The molecule has 0 spiro atoms. The molecular formula is C10H15FN2. The number of benzene rings is 1. The molecule has 0 aliphatic rings. The molecule has 0 amide bonds. The van der Waals surface area contributed by atoms with E-state index in [9.17, 15) is 4.39 Å². The van der Waals surface area contributed by atoms with Crippen LogP contribution < -0.4 is 11.1 Å². The molecule has 1 rings (SSSR count). The largest absolute Gasteiger partial charge is 0.329 e. The van der Waals surface area contributed by atoms with Crippen molar-refractivity contribution in [3.05, 3.63) is 35.6 Å². The number of nitrogens with two attached hydrogens (primary N) is 1. The van der Waals surface area contributed by atoms with Crippen molar-refractivity contribution in [3.8, 4) is 0 Å². The topological polar surface area (TPSA) is 38.0 Å². The number of nitrogens with one attached hydrogen (secondary N) is 1. The van der Waals surface area contributed by atoms with Crippen molar-refractivity contribution in [3.63, 3.8) is 0 Å². The smallest absolute Gasteiger partial charge is 0.127 e. The molecule has 0 aliphatic carbocycles. The Morgan fingerprint density at radius 3 is 2.77 bits per heavy atom. The van der Waals surface area contributed by atoms with Gasteiger partial charge in [0.05, 0.1) is 0 Å². The van der Waals surface area contributed by atoms with Crippen LogP contribution in [0.3, 0.4) is 0 Å². The second-order valence-corrected chi connectivity index (χ2v) is 3.11. The van der Waals surface area contributed by atoms with Crippen molar-refractivity contribution >= 4 is 0 Å². The SMILES string of the molecule is C[C@H](CN)NCc1ccccc1F. The van der Waals surface area contributed by atoms with E-state index in [1.54, 1.807) is 12.1 Å². The average molecular weight is 182 g/mol. The molecule has 0 heterocycles. The van der Waals surface area contributed by atoms with E-state index < -0.39 is 0 Å². The summed E-state index contributed by atoms with van der Waals surface area (Å²) in [5.74, 6) is -0.167. The molecule has 3 N–H and O–H groups in total. The lowest BCUT2D eigenvalue weighted by Gasteiger charge is -2.11. The summed E-state index contributed by atoms with van der Waals surface area (Å²) in [5.41, 5.74) is 6.10. The number of rotatable bonds is 4. The van der Waals surface area contributed by atoms with Crippen LogP contribution in [0.25, 0.3) is 0 Å². The first-order valence-corrected chi connectivity index (χ1v) is 4.41. The van der Waals surface area contributed by atoms with Crippen molar-refractivity contribution in [2.45, 2.75) is 19.5 Å². The fraction of sp³-hybridized carbons (Fsp3) is 0.400. The lowest BCUT2D eigenvalue weighted by atomic mass is 10.2. The highest BCUT2D eigenvalue weighted by Crippen LogP contribution is 2.05. The molecule has 0 fully saturated rings. The van der Waals surface area contributed by atoms with Crippen LogP contribution in [0.4, 0.5) is 4.39 Å². The minimum atomic E-state index is -0.167. The summed E-state index contributed by atoms with van der Waals surface area (Å²) in [6, 6.07) is 6.97. The van der Waals surface area contributed by atoms with Gasteiger partial charge in [-0.25, -0.2) is 4.39 Å². The zero-order chi connectivity index (χ0) is 9.68. The Kier molecular flexibility index (Phi) is 3.86. The van der Waals surface area contributed by atoms with E-state index >= 15 is 0 Å². The van der Waals surface area contributed by atoms with Gasteiger partial charge in [0.15, 0.2) is 0 Å². The molecule has 72 valence electrons. The van der Waals surface area contributed by atoms with Crippen molar-refractivity contribution < 1.29 is 4.39 Å². The zero-order valence-corrected chi connectivity index (χ0v) is 7.76. The van der Waals surface area contributed by atoms with Crippen LogP contribution >= 0.6 is 0 Å². The van der Waals surface area contributed by atoms with Crippen LogP contribution in [0.1, 0.15) is 12.5 Å². The maximum atomic E-state index is 13.1. The minimum absolute atomic E-state index is 0.167. The van der Waals surface area contributed by atoms with Crippen LogP contribution in [0.2, 0.25) is 0 Å². The van der Waals surface area contributed by atoms with Gasteiger partial charge in [-0.1, -0.05) is 18.2 Å². The second-order valence-electron chi connectivity index (χ2n) is 3.11. The zero-order valence-electron chi connectivity index (χ0n) is 7.76. The lowest BCUT2D eigenvalue weighted by Crippen LogP contribution is -2.32. The summed E-state index contributed by atoms with van der Waals surface area (Å²) >= 11 is 0. The fourth-order valence-electron chi connectivity index (χ4n) is 1.01. The highest BCUT2D eigenvalue weighted by Gasteiger charge is 2.01. The molecule has 1 atom stereocenters. The van der Waals surface area contributed by atoms with Gasteiger partial charge in [-0.3, -0.25) is 0 Å². The third-order valence-electron chi connectivity index (χ3n) is 1.95. The Bertz CT molecular complexity index is 263. The van der Waals surface area contributed by atoms with E-state index in [1.165, 1.54) is 6.07 Å². The molecule has 0 saturated heterocycles. The van der Waals surface area contributed by atoms with Crippen molar-refractivity contribution in [2.75, 3.05) is 6.54 Å². The molecule has 13 heavy (non-hydrogen) atoms. The third kappa shape index (κ3) is 3.13. The molecule has 2 nitrogen and oxygen atoms in total. The highest BCUT2D eigenvalue weighted by atomic mass is 19.1. The first kappa shape index (κ1) is 10.2. The molecule has 1 aromatic carbocycles. The van der Waals surface area contributed by atoms with Gasteiger partial charge in [0.2, 0.25) is 0 Å². The van der Waals surface area contributed by atoms with Crippen molar-refractivity contribution in [1.82, 2.24) is 5.32 Å². The molecule has 0 radical (unpaired) electrons. The maximum absolute atomic E-state index is 13.1. The van der Waals surface area contributed by atoms with Gasteiger partial charge in [0, 0.05) is 24.7 Å². The van der Waals surface area contributed by atoms with E-state index in [4.69, 9.17) is 5.73 Å². The van der Waals surface area contributed by atoms with Gasteiger partial charge in [-0.05, 0) is 13.0 Å². The van der Waals surface area contributed by atoms with Crippen LogP contribution in [-0.4, -0.2) is 12.6 Å². The van der Waals surface area contributed by atoms with Crippen molar-refractivity contribution in [1.29, 1.82) is 0 Å². The normalized spacial score (nSPS) is 12.8. The summed E-state index contributed by atoms with van der Waals surface area (Å²) in [4.78, 5) is 0. The van der Waals surface area contributed by atoms with Crippen LogP contribution in [0.5, 0.6) is 0 Å². The second kappa shape index (κ2) is 4.94. The number of hydrogen-bond donors (Lipinski definition) is 2. The molecule has 0 aliphatic heterocycles. The first-order valence-electron chi connectivity index (χ1n) is 4.41. The lowest BCUT2D eigenvalue weighted by molar-refractivity contribution is 0.533. The van der Waals surface area contributed by atoms with Gasteiger partial charge in [0.1, 0.15) is 5.82 Å². The Labute approximate surface area is 77.9 Å². The monoisotopic (exact) mass is 182 g/mol. The van der Waals surface area contributed by atoms with Crippen LogP contribution in [-0.2, 0) is 6.54 Å². The van der Waals surface area contributed by atoms with E-state index in [2.05, 4.69) is 5.32 Å². The molecule has 0 bridgehead atoms. The van der Waals surface area contributed by atoms with Gasteiger partial charge in [-0.15, -0.1) is 0 Å². The summed E-state index contributed by atoms with van der Waals surface area (Å²) in [5, 5.41) is 3.12. The van der Waals surface area contributed by atoms with Gasteiger partial charge in [-0.2, -0.15) is 0 Å². The van der Waals surface area contributed by atoms with Gasteiger partial charge < -0.3 is 11.1 Å². The van der Waals surface area contributed by atoms with E-state index in [0.717, 1.165) is 0 Å². The Morgan fingerprint density at radius 2 is 2.15 bits per heavy atom. The van der Waals surface area contributed by atoms with E-state index in [1.807, 2.05) is 13.0 Å². The average Bonchev–Trinajstić information content (AvgIpc) is 2.16. The van der Waals surface area contributed by atoms with E-state index in [-0.39, 0.29) is 11.9 Å². The molecule has 1 aromatic rings. The minimum Gasteiger partial charge on any atom is -0.329 e. The fourth-order valence-corrected chi connectivity index (χ4v) is 1.01. The summed E-state index contributed by atoms with van der Waals surface area (Å²) < 4.78 is 13.1. The molecule has 0 saturated carbocycles. The van der Waals surface area contributed by atoms with Crippen molar-refractivity contribution in [2.24, 2.45) is 5.73 Å². The maximum Gasteiger partial charge on any atom is 0.127 e. The van der Waals surface area contributed by atoms with Gasteiger partial charge in [0.25, 0.3) is 0 Å². The third-order valence-corrected chi connectivity index (χ3v) is 1.95. The Balaban J connectivity index is 2.50. The Morgan fingerprint density at radius 1 is 1.46 bits per heavy atom. The number of halogens is 1. The molecule has 0 unspecified atom stereocenters. The van der Waals surface area contributed by atoms with Crippen LogP contribution in [0, 0.1) is 5.82 Å². The summed E-state index contributed by atoms with van der Waals surface area (Å²) in [6.45, 7) is 3.07. The number of hydrogen-bond acceptors (Lipinski definition) is 2. The predicted octanol–water partition coefficient (Wildman–Crippen LogP) is 1.26. The molecule has 0 aromatic heterocycles.